The molecule has 29 heavy (non-hydrogen) atoms. The molecule has 1 saturated heterocycles. The van der Waals surface area contributed by atoms with Gasteiger partial charge in [0.25, 0.3) is 0 Å². The second kappa shape index (κ2) is 9.96. The van der Waals surface area contributed by atoms with E-state index < -0.39 is 0 Å². The van der Waals surface area contributed by atoms with Crippen LogP contribution in [-0.4, -0.2) is 62.7 Å². The number of halogens is 1. The standard InChI is InChI=1S/C22H28ClN3O3/c1-16-4-6-20(28-2)17(12-16)14-25-8-10-26(11-9-25)15-22(27)24-19-13-18(23)5-7-21(19)29-3/h4-7,12-13H,8-11,14-15H2,1-3H3,(H,24,27). The molecule has 6 nitrogen and oxygen atoms in total. The normalized spacial score (nSPS) is 15.2. The van der Waals surface area contributed by atoms with Crippen molar-refractivity contribution < 1.29 is 14.3 Å². The van der Waals surface area contributed by atoms with Gasteiger partial charge in [0.15, 0.2) is 0 Å². The van der Waals surface area contributed by atoms with Gasteiger partial charge in [-0.1, -0.05) is 29.3 Å². The third-order valence-corrected chi connectivity index (χ3v) is 5.33. The van der Waals surface area contributed by atoms with Crippen molar-refractivity contribution in [3.63, 3.8) is 0 Å². The van der Waals surface area contributed by atoms with Gasteiger partial charge in [-0.3, -0.25) is 14.6 Å². The number of methoxy groups -OCH3 is 2. The molecular formula is C22H28ClN3O3. The van der Waals surface area contributed by atoms with Crippen LogP contribution in [0.1, 0.15) is 11.1 Å². The van der Waals surface area contributed by atoms with E-state index in [0.717, 1.165) is 38.5 Å². The van der Waals surface area contributed by atoms with Crippen LogP contribution < -0.4 is 14.8 Å². The molecule has 0 aromatic heterocycles. The van der Waals surface area contributed by atoms with E-state index in [1.807, 2.05) is 6.07 Å². The Morgan fingerprint density at radius 3 is 2.34 bits per heavy atom. The van der Waals surface area contributed by atoms with Crippen molar-refractivity contribution in [3.05, 3.63) is 52.5 Å². The molecule has 1 fully saturated rings. The van der Waals surface area contributed by atoms with E-state index in [1.165, 1.54) is 11.1 Å². The van der Waals surface area contributed by atoms with Crippen molar-refractivity contribution >= 4 is 23.2 Å². The lowest BCUT2D eigenvalue weighted by Gasteiger charge is -2.34. The Kier molecular flexibility index (Phi) is 7.36. The third-order valence-electron chi connectivity index (χ3n) is 5.10. The fourth-order valence-electron chi connectivity index (χ4n) is 3.55. The lowest BCUT2D eigenvalue weighted by atomic mass is 10.1. The number of nitrogens with zero attached hydrogens (tertiary/aromatic N) is 2. The molecule has 0 unspecified atom stereocenters. The van der Waals surface area contributed by atoms with E-state index in [9.17, 15) is 4.79 Å². The number of rotatable bonds is 7. The highest BCUT2D eigenvalue weighted by Gasteiger charge is 2.20. The summed E-state index contributed by atoms with van der Waals surface area (Å²) in [5.74, 6) is 1.45. The summed E-state index contributed by atoms with van der Waals surface area (Å²) in [5.41, 5.74) is 3.02. The molecule has 7 heteroatoms. The molecule has 0 radical (unpaired) electrons. The molecule has 3 rings (SSSR count). The van der Waals surface area contributed by atoms with Crippen molar-refractivity contribution in [2.45, 2.75) is 13.5 Å². The summed E-state index contributed by atoms with van der Waals surface area (Å²) < 4.78 is 10.8. The summed E-state index contributed by atoms with van der Waals surface area (Å²) in [4.78, 5) is 17.0. The van der Waals surface area contributed by atoms with Crippen LogP contribution in [0, 0.1) is 6.92 Å². The van der Waals surface area contributed by atoms with Gasteiger partial charge in [-0.2, -0.15) is 0 Å². The number of ether oxygens (including phenoxy) is 2. The van der Waals surface area contributed by atoms with Crippen LogP contribution in [0.25, 0.3) is 0 Å². The highest BCUT2D eigenvalue weighted by Crippen LogP contribution is 2.27. The van der Waals surface area contributed by atoms with Gasteiger partial charge in [0.05, 0.1) is 26.5 Å². The van der Waals surface area contributed by atoms with Gasteiger partial charge in [0.2, 0.25) is 5.91 Å². The van der Waals surface area contributed by atoms with Gasteiger partial charge in [-0.25, -0.2) is 0 Å². The average molecular weight is 418 g/mol. The van der Waals surface area contributed by atoms with Crippen LogP contribution >= 0.6 is 11.6 Å². The molecule has 1 heterocycles. The molecule has 0 atom stereocenters. The van der Waals surface area contributed by atoms with Crippen molar-refractivity contribution in [2.24, 2.45) is 0 Å². The maximum absolute atomic E-state index is 12.5. The number of anilines is 1. The summed E-state index contributed by atoms with van der Waals surface area (Å²) in [6.07, 6.45) is 0. The van der Waals surface area contributed by atoms with Crippen LogP contribution in [0.2, 0.25) is 5.02 Å². The van der Waals surface area contributed by atoms with Gasteiger partial charge in [0, 0.05) is 43.3 Å². The predicted octanol–water partition coefficient (Wildman–Crippen LogP) is 3.42. The number of hydrogen-bond donors (Lipinski definition) is 1. The van der Waals surface area contributed by atoms with Gasteiger partial charge in [-0.15, -0.1) is 0 Å². The van der Waals surface area contributed by atoms with Gasteiger partial charge >= 0.3 is 0 Å². The van der Waals surface area contributed by atoms with Crippen LogP contribution in [-0.2, 0) is 11.3 Å². The van der Waals surface area contributed by atoms with E-state index in [2.05, 4.69) is 34.2 Å². The number of aryl methyl sites for hydroxylation is 1. The largest absolute Gasteiger partial charge is 0.496 e. The summed E-state index contributed by atoms with van der Waals surface area (Å²) >= 11 is 6.03. The molecule has 156 valence electrons. The minimum Gasteiger partial charge on any atom is -0.496 e. The van der Waals surface area contributed by atoms with E-state index >= 15 is 0 Å². The Labute approximate surface area is 177 Å². The van der Waals surface area contributed by atoms with Gasteiger partial charge in [-0.05, 0) is 31.2 Å². The number of amides is 1. The van der Waals surface area contributed by atoms with Crippen molar-refractivity contribution in [1.82, 2.24) is 9.80 Å². The molecule has 2 aromatic carbocycles. The Morgan fingerprint density at radius 1 is 1.00 bits per heavy atom. The number of benzene rings is 2. The molecular weight excluding hydrogens is 390 g/mol. The van der Waals surface area contributed by atoms with Crippen molar-refractivity contribution in [3.8, 4) is 11.5 Å². The molecule has 0 saturated carbocycles. The first-order valence-corrected chi connectivity index (χ1v) is 10.1. The summed E-state index contributed by atoms with van der Waals surface area (Å²) in [7, 11) is 3.28. The van der Waals surface area contributed by atoms with Crippen molar-refractivity contribution in [2.75, 3.05) is 52.3 Å². The average Bonchev–Trinajstić information content (AvgIpc) is 2.70. The van der Waals surface area contributed by atoms with Crippen LogP contribution in [0.3, 0.4) is 0 Å². The molecule has 1 aliphatic heterocycles. The zero-order valence-corrected chi connectivity index (χ0v) is 18.0. The first-order valence-electron chi connectivity index (χ1n) is 9.70. The number of carbonyl (C=O) groups is 1. The van der Waals surface area contributed by atoms with Gasteiger partial charge in [0.1, 0.15) is 11.5 Å². The molecule has 1 N–H and O–H groups in total. The fourth-order valence-corrected chi connectivity index (χ4v) is 3.72. The highest BCUT2D eigenvalue weighted by molar-refractivity contribution is 6.31. The van der Waals surface area contributed by atoms with Gasteiger partial charge < -0.3 is 14.8 Å². The Hall–Kier alpha value is -2.28. The smallest absolute Gasteiger partial charge is 0.238 e. The Bertz CT molecular complexity index is 851. The molecule has 0 bridgehead atoms. The lowest BCUT2D eigenvalue weighted by molar-refractivity contribution is -0.117. The predicted molar refractivity (Wildman–Crippen MR) is 116 cm³/mol. The van der Waals surface area contributed by atoms with Crippen LogP contribution in [0.4, 0.5) is 5.69 Å². The minimum atomic E-state index is -0.0700. The first kappa shape index (κ1) is 21.4. The minimum absolute atomic E-state index is 0.0700. The second-order valence-electron chi connectivity index (χ2n) is 7.26. The number of carbonyl (C=O) groups excluding carboxylic acids is 1. The maximum atomic E-state index is 12.5. The zero-order chi connectivity index (χ0) is 20.8. The second-order valence-corrected chi connectivity index (χ2v) is 7.70. The SMILES string of the molecule is COc1ccc(C)cc1CN1CCN(CC(=O)Nc2cc(Cl)ccc2OC)CC1. The number of piperazine rings is 1. The molecule has 1 aliphatic rings. The van der Waals surface area contributed by atoms with Crippen LogP contribution in [0.15, 0.2) is 36.4 Å². The van der Waals surface area contributed by atoms with Crippen molar-refractivity contribution in [1.29, 1.82) is 0 Å². The fraction of sp³-hybridized carbons (Fsp3) is 0.409. The lowest BCUT2D eigenvalue weighted by Crippen LogP contribution is -2.48. The van der Waals surface area contributed by atoms with E-state index in [-0.39, 0.29) is 5.91 Å². The Morgan fingerprint density at radius 2 is 1.66 bits per heavy atom. The topological polar surface area (TPSA) is 54.0 Å². The monoisotopic (exact) mass is 417 g/mol. The third kappa shape index (κ3) is 5.85. The Balaban J connectivity index is 1.50. The van der Waals surface area contributed by atoms with Crippen LogP contribution in [0.5, 0.6) is 11.5 Å². The summed E-state index contributed by atoms with van der Waals surface area (Å²) in [6.45, 7) is 6.79. The molecule has 1 amide bonds. The molecule has 2 aromatic rings. The van der Waals surface area contributed by atoms with E-state index in [0.29, 0.717) is 23.0 Å². The van der Waals surface area contributed by atoms with E-state index in [4.69, 9.17) is 21.1 Å². The summed E-state index contributed by atoms with van der Waals surface area (Å²) in [5, 5.41) is 3.46. The highest BCUT2D eigenvalue weighted by atomic mass is 35.5. The number of hydrogen-bond acceptors (Lipinski definition) is 5. The zero-order valence-electron chi connectivity index (χ0n) is 17.2. The van der Waals surface area contributed by atoms with E-state index in [1.54, 1.807) is 32.4 Å². The summed E-state index contributed by atoms with van der Waals surface area (Å²) in [6, 6.07) is 11.4. The quantitative estimate of drug-likeness (QED) is 0.748. The maximum Gasteiger partial charge on any atom is 0.238 e. The first-order chi connectivity index (χ1) is 14.0. The molecule has 0 aliphatic carbocycles. The molecule has 0 spiro atoms. The number of nitrogens with one attached hydrogen (secondary N) is 1.